The molecule has 4 rings (SSSR count). The van der Waals surface area contributed by atoms with E-state index in [0.29, 0.717) is 13.0 Å². The number of hydrogen-bond acceptors (Lipinski definition) is 4. The molecule has 0 N–H and O–H groups in total. The highest BCUT2D eigenvalue weighted by molar-refractivity contribution is 7.22. The summed E-state index contributed by atoms with van der Waals surface area (Å²) in [5, 5.41) is 0.730. The van der Waals surface area contributed by atoms with Crippen molar-refractivity contribution in [1.29, 1.82) is 0 Å². The van der Waals surface area contributed by atoms with Gasteiger partial charge in [0.2, 0.25) is 5.91 Å². The minimum absolute atomic E-state index is 0.0401. The third-order valence-electron chi connectivity index (χ3n) is 5.43. The van der Waals surface area contributed by atoms with Crippen LogP contribution in [0, 0.1) is 27.7 Å². The Morgan fingerprint density at radius 3 is 2.53 bits per heavy atom. The van der Waals surface area contributed by atoms with Crippen molar-refractivity contribution < 1.29 is 4.79 Å². The van der Waals surface area contributed by atoms with Gasteiger partial charge in [-0.05, 0) is 73.7 Å². The zero-order valence-corrected chi connectivity index (χ0v) is 18.6. The van der Waals surface area contributed by atoms with Gasteiger partial charge in [0.15, 0.2) is 5.13 Å². The molecule has 0 spiro atoms. The number of carbonyl (C=O) groups is 1. The summed E-state index contributed by atoms with van der Waals surface area (Å²) < 4.78 is 1.10. The predicted molar refractivity (Wildman–Crippen MR) is 124 cm³/mol. The summed E-state index contributed by atoms with van der Waals surface area (Å²) in [5.74, 6) is 0.0401. The smallest absolute Gasteiger partial charge is 0.233 e. The second kappa shape index (κ2) is 8.36. The number of aryl methyl sites for hydroxylation is 4. The van der Waals surface area contributed by atoms with Crippen molar-refractivity contribution >= 4 is 32.6 Å². The van der Waals surface area contributed by atoms with Gasteiger partial charge in [0.1, 0.15) is 0 Å². The average Bonchev–Trinajstić information content (AvgIpc) is 3.11. The molecule has 0 aliphatic carbocycles. The van der Waals surface area contributed by atoms with Crippen molar-refractivity contribution in [3.8, 4) is 0 Å². The third-order valence-corrected chi connectivity index (χ3v) is 6.47. The zero-order valence-electron chi connectivity index (χ0n) is 17.8. The Morgan fingerprint density at radius 2 is 1.80 bits per heavy atom. The van der Waals surface area contributed by atoms with Gasteiger partial charge in [-0.2, -0.15) is 0 Å². The van der Waals surface area contributed by atoms with Gasteiger partial charge in [0.05, 0.1) is 23.2 Å². The molecule has 1 amide bonds. The van der Waals surface area contributed by atoms with Gasteiger partial charge >= 0.3 is 0 Å². The van der Waals surface area contributed by atoms with Gasteiger partial charge in [-0.15, -0.1) is 0 Å². The van der Waals surface area contributed by atoms with Crippen molar-refractivity contribution in [2.45, 2.75) is 40.7 Å². The van der Waals surface area contributed by atoms with E-state index in [0.717, 1.165) is 32.0 Å². The lowest BCUT2D eigenvalue weighted by molar-refractivity contribution is -0.118. The van der Waals surface area contributed by atoms with Crippen LogP contribution in [0.2, 0.25) is 0 Å². The Bertz CT molecular complexity index is 1180. The molecule has 30 heavy (non-hydrogen) atoms. The van der Waals surface area contributed by atoms with Crippen LogP contribution in [-0.4, -0.2) is 15.9 Å². The molecule has 0 saturated heterocycles. The summed E-state index contributed by atoms with van der Waals surface area (Å²) in [6, 6.07) is 14.4. The molecule has 152 valence electrons. The van der Waals surface area contributed by atoms with Gasteiger partial charge in [-0.3, -0.25) is 14.7 Å². The first-order valence-corrected chi connectivity index (χ1v) is 10.9. The van der Waals surface area contributed by atoms with Crippen LogP contribution >= 0.6 is 11.3 Å². The van der Waals surface area contributed by atoms with Gasteiger partial charge < -0.3 is 0 Å². The van der Waals surface area contributed by atoms with Crippen molar-refractivity contribution in [2.75, 3.05) is 4.90 Å². The second-order valence-corrected chi connectivity index (χ2v) is 8.86. The molecule has 0 fully saturated rings. The molecule has 0 radical (unpaired) electrons. The minimum Gasteiger partial charge on any atom is -0.283 e. The summed E-state index contributed by atoms with van der Waals surface area (Å²) in [4.78, 5) is 24.3. The summed E-state index contributed by atoms with van der Waals surface area (Å²) in [6.45, 7) is 8.78. The first-order chi connectivity index (χ1) is 14.4. The number of hydrogen-bond donors (Lipinski definition) is 0. The molecular formula is C25H25N3OS. The van der Waals surface area contributed by atoms with Crippen LogP contribution in [0.5, 0.6) is 0 Å². The number of anilines is 1. The summed E-state index contributed by atoms with van der Waals surface area (Å²) in [5.41, 5.74) is 7.76. The van der Waals surface area contributed by atoms with E-state index in [2.05, 4.69) is 63.0 Å². The van der Waals surface area contributed by atoms with Crippen LogP contribution < -0.4 is 4.90 Å². The molecule has 4 nitrogen and oxygen atoms in total. The molecular weight excluding hydrogens is 390 g/mol. The summed E-state index contributed by atoms with van der Waals surface area (Å²) >= 11 is 1.57. The fourth-order valence-electron chi connectivity index (χ4n) is 3.52. The third kappa shape index (κ3) is 4.26. The minimum atomic E-state index is 0.0401. The van der Waals surface area contributed by atoms with E-state index in [9.17, 15) is 4.79 Å². The highest BCUT2D eigenvalue weighted by Crippen LogP contribution is 2.32. The van der Waals surface area contributed by atoms with Gasteiger partial charge in [-0.25, -0.2) is 4.98 Å². The SMILES string of the molecule is Cc1ccc(CC(=O)N(Cc2cccnc2)c2nc3cc(C)c(C)cc3s2)c(C)c1. The van der Waals surface area contributed by atoms with Crippen molar-refractivity contribution in [1.82, 2.24) is 9.97 Å². The van der Waals surface area contributed by atoms with E-state index >= 15 is 0 Å². The Kier molecular flexibility index (Phi) is 5.64. The van der Waals surface area contributed by atoms with E-state index in [1.165, 1.54) is 16.7 Å². The number of rotatable bonds is 5. The molecule has 0 aliphatic heterocycles. The largest absolute Gasteiger partial charge is 0.283 e. The molecule has 0 aliphatic rings. The van der Waals surface area contributed by atoms with Crippen molar-refractivity contribution in [2.24, 2.45) is 0 Å². The van der Waals surface area contributed by atoms with Gasteiger partial charge in [0.25, 0.3) is 0 Å². The molecule has 0 bridgehead atoms. The molecule has 2 aromatic carbocycles. The van der Waals surface area contributed by atoms with Crippen LogP contribution in [0.1, 0.15) is 33.4 Å². The lowest BCUT2D eigenvalue weighted by Gasteiger charge is -2.20. The summed E-state index contributed by atoms with van der Waals surface area (Å²) in [7, 11) is 0. The lowest BCUT2D eigenvalue weighted by atomic mass is 10.0. The summed E-state index contributed by atoms with van der Waals surface area (Å²) in [6.07, 6.45) is 3.90. The predicted octanol–water partition coefficient (Wildman–Crippen LogP) is 5.70. The normalized spacial score (nSPS) is 11.1. The first kappa shape index (κ1) is 20.2. The van der Waals surface area contributed by atoms with Gasteiger partial charge in [-0.1, -0.05) is 41.2 Å². The fourth-order valence-corrected chi connectivity index (χ4v) is 4.58. The molecule has 2 aromatic heterocycles. The van der Waals surface area contributed by atoms with Crippen LogP contribution in [0.25, 0.3) is 10.2 Å². The van der Waals surface area contributed by atoms with Crippen molar-refractivity contribution in [3.05, 3.63) is 88.2 Å². The maximum atomic E-state index is 13.4. The Hall–Kier alpha value is -3.05. The average molecular weight is 416 g/mol. The number of benzene rings is 2. The van der Waals surface area contributed by atoms with E-state index < -0.39 is 0 Å². The monoisotopic (exact) mass is 415 g/mol. The topological polar surface area (TPSA) is 46.1 Å². The molecule has 0 atom stereocenters. The van der Waals surface area contributed by atoms with E-state index in [-0.39, 0.29) is 5.91 Å². The van der Waals surface area contributed by atoms with Crippen LogP contribution in [0.3, 0.4) is 0 Å². The molecule has 5 heteroatoms. The maximum Gasteiger partial charge on any atom is 0.233 e. The highest BCUT2D eigenvalue weighted by atomic mass is 32.1. The molecule has 0 saturated carbocycles. The lowest BCUT2D eigenvalue weighted by Crippen LogP contribution is -2.32. The van der Waals surface area contributed by atoms with Crippen LogP contribution in [0.4, 0.5) is 5.13 Å². The fraction of sp³-hybridized carbons (Fsp3) is 0.240. The number of carbonyl (C=O) groups excluding carboxylic acids is 1. The maximum absolute atomic E-state index is 13.4. The number of thiazole rings is 1. The van der Waals surface area contributed by atoms with Crippen LogP contribution in [0.15, 0.2) is 54.9 Å². The second-order valence-electron chi connectivity index (χ2n) is 7.85. The standard InChI is InChI=1S/C25H25N3OS/c1-16-7-8-21(19(4)10-16)13-24(29)28(15-20-6-5-9-26-14-20)25-27-22-11-17(2)18(3)12-23(22)30-25/h5-12,14H,13,15H2,1-4H3. The molecule has 2 heterocycles. The number of amides is 1. The quantitative estimate of drug-likeness (QED) is 0.420. The number of nitrogens with zero attached hydrogens (tertiary/aromatic N) is 3. The van der Waals surface area contributed by atoms with E-state index in [1.54, 1.807) is 28.6 Å². The van der Waals surface area contributed by atoms with E-state index in [4.69, 9.17) is 4.98 Å². The highest BCUT2D eigenvalue weighted by Gasteiger charge is 2.21. The van der Waals surface area contributed by atoms with Crippen LogP contribution in [-0.2, 0) is 17.8 Å². The molecule has 4 aromatic rings. The number of pyridine rings is 1. The first-order valence-electron chi connectivity index (χ1n) is 10.0. The zero-order chi connectivity index (χ0) is 21.3. The Labute approximate surface area is 181 Å². The number of fused-ring (bicyclic) bond motifs is 1. The Balaban J connectivity index is 1.71. The van der Waals surface area contributed by atoms with E-state index in [1.807, 2.05) is 12.1 Å². The Morgan fingerprint density at radius 1 is 1.00 bits per heavy atom. The molecule has 0 unspecified atom stereocenters. The number of aromatic nitrogens is 2. The van der Waals surface area contributed by atoms with Crippen molar-refractivity contribution in [3.63, 3.8) is 0 Å². The van der Waals surface area contributed by atoms with Gasteiger partial charge in [0, 0.05) is 12.4 Å².